The largest absolute Gasteiger partial charge is 0.354 e. The van der Waals surface area contributed by atoms with Crippen LogP contribution in [0.4, 0.5) is 11.6 Å². The Labute approximate surface area is 109 Å². The molecule has 0 amide bonds. The first-order valence-corrected chi connectivity index (χ1v) is 5.94. The SMILES string of the molecule is CCNc1ncc([N+](=O)[O-])c(-c2nccn2CC)n1. The quantitative estimate of drug-likeness (QED) is 0.650. The molecule has 0 spiro atoms. The number of nitrogens with one attached hydrogen (secondary N) is 1. The van der Waals surface area contributed by atoms with Crippen molar-refractivity contribution >= 4 is 11.6 Å². The van der Waals surface area contributed by atoms with E-state index in [1.165, 1.54) is 6.20 Å². The third kappa shape index (κ3) is 2.51. The van der Waals surface area contributed by atoms with Crippen LogP contribution in [0.3, 0.4) is 0 Å². The fraction of sp³-hybridized carbons (Fsp3) is 0.364. The van der Waals surface area contributed by atoms with Crippen molar-refractivity contribution in [2.45, 2.75) is 20.4 Å². The van der Waals surface area contributed by atoms with Gasteiger partial charge in [-0.25, -0.2) is 15.0 Å². The van der Waals surface area contributed by atoms with Gasteiger partial charge in [-0.15, -0.1) is 0 Å². The number of rotatable bonds is 5. The average Bonchev–Trinajstić information content (AvgIpc) is 2.86. The van der Waals surface area contributed by atoms with E-state index < -0.39 is 4.92 Å². The molecule has 1 N–H and O–H groups in total. The normalized spacial score (nSPS) is 10.4. The van der Waals surface area contributed by atoms with Gasteiger partial charge in [-0.2, -0.15) is 0 Å². The van der Waals surface area contributed by atoms with Gasteiger partial charge in [0, 0.05) is 25.5 Å². The minimum atomic E-state index is -0.500. The van der Waals surface area contributed by atoms with E-state index in [4.69, 9.17) is 0 Å². The Morgan fingerprint density at radius 1 is 1.42 bits per heavy atom. The number of nitrogens with zero attached hydrogens (tertiary/aromatic N) is 5. The van der Waals surface area contributed by atoms with Crippen LogP contribution in [0.1, 0.15) is 13.8 Å². The summed E-state index contributed by atoms with van der Waals surface area (Å²) in [6.45, 7) is 5.13. The molecular weight excluding hydrogens is 248 g/mol. The summed E-state index contributed by atoms with van der Waals surface area (Å²) in [7, 11) is 0. The molecule has 2 aromatic heterocycles. The summed E-state index contributed by atoms with van der Waals surface area (Å²) in [4.78, 5) is 22.8. The Morgan fingerprint density at radius 3 is 2.84 bits per heavy atom. The molecule has 8 nitrogen and oxygen atoms in total. The molecule has 0 saturated carbocycles. The standard InChI is InChI=1S/C11H14N6O2/c1-3-12-11-14-7-8(17(18)19)9(15-11)10-13-5-6-16(10)4-2/h5-7H,3-4H2,1-2H3,(H,12,14,15). The van der Waals surface area contributed by atoms with E-state index in [0.29, 0.717) is 24.9 Å². The predicted octanol–water partition coefficient (Wildman–Crippen LogP) is 1.70. The monoisotopic (exact) mass is 262 g/mol. The van der Waals surface area contributed by atoms with Crippen molar-refractivity contribution in [3.05, 3.63) is 28.7 Å². The van der Waals surface area contributed by atoms with Crippen molar-refractivity contribution < 1.29 is 4.92 Å². The molecule has 0 fully saturated rings. The van der Waals surface area contributed by atoms with Crippen LogP contribution >= 0.6 is 0 Å². The van der Waals surface area contributed by atoms with Gasteiger partial charge in [0.1, 0.15) is 6.20 Å². The van der Waals surface area contributed by atoms with Gasteiger partial charge in [0.15, 0.2) is 11.5 Å². The molecule has 19 heavy (non-hydrogen) atoms. The molecule has 0 aliphatic carbocycles. The Kier molecular flexibility index (Phi) is 3.69. The fourth-order valence-corrected chi connectivity index (χ4v) is 1.70. The molecular formula is C11H14N6O2. The fourth-order valence-electron chi connectivity index (χ4n) is 1.70. The van der Waals surface area contributed by atoms with Crippen molar-refractivity contribution in [1.82, 2.24) is 19.5 Å². The second-order valence-electron chi connectivity index (χ2n) is 3.75. The van der Waals surface area contributed by atoms with Crippen LogP contribution in [0.15, 0.2) is 18.6 Å². The highest BCUT2D eigenvalue weighted by molar-refractivity contribution is 5.64. The molecule has 8 heteroatoms. The minimum Gasteiger partial charge on any atom is -0.354 e. The summed E-state index contributed by atoms with van der Waals surface area (Å²) in [6.07, 6.45) is 4.56. The van der Waals surface area contributed by atoms with Gasteiger partial charge in [-0.1, -0.05) is 0 Å². The molecule has 0 aromatic carbocycles. The van der Waals surface area contributed by atoms with Crippen molar-refractivity contribution in [2.75, 3.05) is 11.9 Å². The lowest BCUT2D eigenvalue weighted by Crippen LogP contribution is -2.07. The maximum Gasteiger partial charge on any atom is 0.317 e. The number of hydrogen-bond acceptors (Lipinski definition) is 6. The lowest BCUT2D eigenvalue weighted by Gasteiger charge is -2.07. The summed E-state index contributed by atoms with van der Waals surface area (Å²) < 4.78 is 1.80. The zero-order valence-electron chi connectivity index (χ0n) is 10.7. The van der Waals surface area contributed by atoms with Gasteiger partial charge in [0.25, 0.3) is 0 Å². The number of aromatic nitrogens is 4. The zero-order valence-corrected chi connectivity index (χ0v) is 10.7. The molecule has 2 aromatic rings. The maximum absolute atomic E-state index is 11.1. The van der Waals surface area contributed by atoms with Crippen LogP contribution in [0.2, 0.25) is 0 Å². The topological polar surface area (TPSA) is 98.8 Å². The number of imidazole rings is 1. The first kappa shape index (κ1) is 12.9. The molecule has 100 valence electrons. The van der Waals surface area contributed by atoms with Gasteiger partial charge < -0.3 is 9.88 Å². The highest BCUT2D eigenvalue weighted by Gasteiger charge is 2.22. The van der Waals surface area contributed by atoms with Gasteiger partial charge in [-0.3, -0.25) is 10.1 Å². The number of aryl methyl sites for hydroxylation is 1. The second kappa shape index (κ2) is 5.42. The summed E-state index contributed by atoms with van der Waals surface area (Å²) in [5, 5.41) is 14.0. The van der Waals surface area contributed by atoms with Crippen molar-refractivity contribution in [2.24, 2.45) is 0 Å². The van der Waals surface area contributed by atoms with Crippen molar-refractivity contribution in [3.63, 3.8) is 0 Å². The minimum absolute atomic E-state index is 0.150. The van der Waals surface area contributed by atoms with Crippen LogP contribution < -0.4 is 5.32 Å². The van der Waals surface area contributed by atoms with E-state index in [0.717, 1.165) is 0 Å². The van der Waals surface area contributed by atoms with Crippen LogP contribution in [-0.2, 0) is 6.54 Å². The second-order valence-corrected chi connectivity index (χ2v) is 3.75. The molecule has 2 heterocycles. The van der Waals surface area contributed by atoms with E-state index in [9.17, 15) is 10.1 Å². The summed E-state index contributed by atoms with van der Waals surface area (Å²) in [6, 6.07) is 0. The summed E-state index contributed by atoms with van der Waals surface area (Å²) in [5.41, 5.74) is 0.0744. The number of hydrogen-bond donors (Lipinski definition) is 1. The highest BCUT2D eigenvalue weighted by atomic mass is 16.6. The third-order valence-corrected chi connectivity index (χ3v) is 2.57. The lowest BCUT2D eigenvalue weighted by molar-refractivity contribution is -0.384. The van der Waals surface area contributed by atoms with Crippen molar-refractivity contribution in [1.29, 1.82) is 0 Å². The molecule has 2 rings (SSSR count). The zero-order chi connectivity index (χ0) is 13.8. The van der Waals surface area contributed by atoms with E-state index >= 15 is 0 Å². The third-order valence-electron chi connectivity index (χ3n) is 2.57. The molecule has 0 aliphatic heterocycles. The lowest BCUT2D eigenvalue weighted by atomic mass is 10.3. The molecule has 0 bridgehead atoms. The van der Waals surface area contributed by atoms with Gasteiger partial charge >= 0.3 is 5.69 Å². The van der Waals surface area contributed by atoms with E-state index in [2.05, 4.69) is 20.3 Å². The first-order valence-electron chi connectivity index (χ1n) is 5.94. The summed E-state index contributed by atoms with van der Waals surface area (Å²) >= 11 is 0. The molecule has 0 radical (unpaired) electrons. The van der Waals surface area contributed by atoms with E-state index in [-0.39, 0.29) is 11.4 Å². The molecule has 0 unspecified atom stereocenters. The Bertz CT molecular complexity index is 595. The number of nitro groups is 1. The van der Waals surface area contributed by atoms with Crippen LogP contribution in [0.25, 0.3) is 11.5 Å². The van der Waals surface area contributed by atoms with E-state index in [1.54, 1.807) is 17.0 Å². The summed E-state index contributed by atoms with van der Waals surface area (Å²) in [5.74, 6) is 0.824. The van der Waals surface area contributed by atoms with Crippen molar-refractivity contribution in [3.8, 4) is 11.5 Å². The van der Waals surface area contributed by atoms with Crippen LogP contribution in [0, 0.1) is 10.1 Å². The molecule has 0 saturated heterocycles. The predicted molar refractivity (Wildman–Crippen MR) is 69.7 cm³/mol. The maximum atomic E-state index is 11.1. The van der Waals surface area contributed by atoms with Crippen LogP contribution in [0.5, 0.6) is 0 Å². The first-order chi connectivity index (χ1) is 9.17. The van der Waals surface area contributed by atoms with Gasteiger partial charge in [-0.05, 0) is 13.8 Å². The average molecular weight is 262 g/mol. The smallest absolute Gasteiger partial charge is 0.317 e. The molecule has 0 aliphatic rings. The Balaban J connectivity index is 2.57. The Hall–Kier alpha value is -2.51. The molecule has 0 atom stereocenters. The van der Waals surface area contributed by atoms with Gasteiger partial charge in [0.05, 0.1) is 4.92 Å². The highest BCUT2D eigenvalue weighted by Crippen LogP contribution is 2.26. The van der Waals surface area contributed by atoms with E-state index in [1.807, 2.05) is 13.8 Å². The number of anilines is 1. The van der Waals surface area contributed by atoms with Gasteiger partial charge in [0.2, 0.25) is 5.95 Å². The Morgan fingerprint density at radius 2 is 2.21 bits per heavy atom. The van der Waals surface area contributed by atoms with Crippen LogP contribution in [-0.4, -0.2) is 31.0 Å².